The van der Waals surface area contributed by atoms with Crippen molar-refractivity contribution in [1.82, 2.24) is 0 Å². The second kappa shape index (κ2) is 4.59. The van der Waals surface area contributed by atoms with Crippen molar-refractivity contribution in [2.45, 2.75) is 23.6 Å². The van der Waals surface area contributed by atoms with Crippen molar-refractivity contribution in [3.63, 3.8) is 0 Å². The van der Waals surface area contributed by atoms with Gasteiger partial charge in [0.15, 0.2) is 0 Å². The van der Waals surface area contributed by atoms with Crippen LogP contribution in [0.2, 0.25) is 0 Å². The lowest BCUT2D eigenvalue weighted by Gasteiger charge is -2.11. The van der Waals surface area contributed by atoms with Gasteiger partial charge in [-0.2, -0.15) is 0 Å². The minimum atomic E-state index is -3.95. The zero-order valence-electron chi connectivity index (χ0n) is 10.6. The summed E-state index contributed by atoms with van der Waals surface area (Å²) in [5.41, 5.74) is 1.21. The maximum Gasteiger partial charge on any atom is 0.213 e. The van der Waals surface area contributed by atoms with Gasteiger partial charge in [-0.1, -0.05) is 18.2 Å². The lowest BCUT2D eigenvalue weighted by molar-refractivity contribution is 0.450. The van der Waals surface area contributed by atoms with Crippen molar-refractivity contribution in [2.24, 2.45) is 0 Å². The molecule has 0 spiro atoms. The van der Waals surface area contributed by atoms with E-state index in [1.54, 1.807) is 19.9 Å². The maximum atomic E-state index is 12.5. The van der Waals surface area contributed by atoms with Crippen LogP contribution in [0.25, 0.3) is 0 Å². The van der Waals surface area contributed by atoms with Gasteiger partial charge in [0.25, 0.3) is 0 Å². The van der Waals surface area contributed by atoms with Gasteiger partial charge in [-0.05, 0) is 43.2 Å². The van der Waals surface area contributed by atoms with Gasteiger partial charge in [0, 0.05) is 0 Å². The molecule has 0 amide bonds. The molecule has 2 aromatic carbocycles. The predicted molar refractivity (Wildman–Crippen MR) is 71.1 cm³/mol. The van der Waals surface area contributed by atoms with Crippen LogP contribution in [0.5, 0.6) is 11.5 Å². The summed E-state index contributed by atoms with van der Waals surface area (Å²) >= 11 is 0. The lowest BCUT2D eigenvalue weighted by atomic mass is 10.1. The highest BCUT2D eigenvalue weighted by atomic mass is 32.2. The Morgan fingerprint density at radius 1 is 0.947 bits per heavy atom. The number of para-hydroxylation sites is 1. The highest BCUT2D eigenvalue weighted by molar-refractivity contribution is 7.91. The number of phenols is 2. The molecule has 2 rings (SSSR count). The summed E-state index contributed by atoms with van der Waals surface area (Å²) in [7, 11) is -3.95. The Morgan fingerprint density at radius 3 is 2.21 bits per heavy atom. The molecule has 0 heterocycles. The Balaban J connectivity index is 2.75. The van der Waals surface area contributed by atoms with E-state index in [1.807, 2.05) is 0 Å². The SMILES string of the molecule is Cc1cc(C)c(O)c(S(=O)(=O)c2ccccc2O)c1. The van der Waals surface area contributed by atoms with Crippen molar-refractivity contribution in [3.05, 3.63) is 47.5 Å². The molecule has 0 aliphatic rings. The Bertz CT molecular complexity index is 733. The molecule has 0 bridgehead atoms. The van der Waals surface area contributed by atoms with Crippen molar-refractivity contribution in [3.8, 4) is 11.5 Å². The third-order valence-corrected chi connectivity index (χ3v) is 4.67. The number of hydrogen-bond acceptors (Lipinski definition) is 4. The zero-order valence-corrected chi connectivity index (χ0v) is 11.4. The standard InChI is InChI=1S/C14H14O4S/c1-9-7-10(2)14(16)13(8-9)19(17,18)12-6-4-3-5-11(12)15/h3-8,15-16H,1-2H3. The quantitative estimate of drug-likeness (QED) is 0.885. The second-order valence-corrected chi connectivity index (χ2v) is 6.29. The molecular weight excluding hydrogens is 264 g/mol. The van der Waals surface area contributed by atoms with E-state index in [9.17, 15) is 18.6 Å². The van der Waals surface area contributed by atoms with Crippen LogP contribution in [0, 0.1) is 13.8 Å². The summed E-state index contributed by atoms with van der Waals surface area (Å²) in [6.45, 7) is 3.38. The summed E-state index contributed by atoms with van der Waals surface area (Å²) < 4.78 is 24.9. The number of aromatic hydroxyl groups is 2. The molecular formula is C14H14O4S. The van der Waals surface area contributed by atoms with E-state index in [2.05, 4.69) is 0 Å². The first kappa shape index (κ1) is 13.4. The first-order chi connectivity index (χ1) is 8.84. The van der Waals surface area contributed by atoms with Gasteiger partial charge in [-0.15, -0.1) is 0 Å². The molecule has 4 nitrogen and oxygen atoms in total. The zero-order chi connectivity index (χ0) is 14.2. The molecule has 0 aliphatic carbocycles. The molecule has 0 aliphatic heterocycles. The normalized spacial score (nSPS) is 11.5. The topological polar surface area (TPSA) is 74.6 Å². The maximum absolute atomic E-state index is 12.5. The fraction of sp³-hybridized carbons (Fsp3) is 0.143. The third-order valence-electron chi connectivity index (χ3n) is 2.85. The van der Waals surface area contributed by atoms with E-state index in [-0.39, 0.29) is 21.3 Å². The number of hydrogen-bond donors (Lipinski definition) is 2. The number of benzene rings is 2. The summed E-state index contributed by atoms with van der Waals surface area (Å²) in [4.78, 5) is -0.401. The van der Waals surface area contributed by atoms with Crippen molar-refractivity contribution in [1.29, 1.82) is 0 Å². The first-order valence-electron chi connectivity index (χ1n) is 5.67. The Morgan fingerprint density at radius 2 is 1.58 bits per heavy atom. The number of rotatable bonds is 2. The van der Waals surface area contributed by atoms with Crippen LogP contribution >= 0.6 is 0 Å². The molecule has 2 aromatic rings. The molecule has 100 valence electrons. The van der Waals surface area contributed by atoms with Crippen LogP contribution in [0.1, 0.15) is 11.1 Å². The Labute approximate surface area is 111 Å². The van der Waals surface area contributed by atoms with Crippen LogP contribution in [-0.2, 0) is 9.84 Å². The molecule has 0 atom stereocenters. The molecule has 5 heteroatoms. The minimum Gasteiger partial charge on any atom is -0.507 e. The Hall–Kier alpha value is -2.01. The summed E-state index contributed by atoms with van der Waals surface area (Å²) in [6, 6.07) is 8.75. The summed E-state index contributed by atoms with van der Waals surface area (Å²) in [5, 5.41) is 19.6. The van der Waals surface area contributed by atoms with E-state index < -0.39 is 9.84 Å². The van der Waals surface area contributed by atoms with Crippen molar-refractivity contribution >= 4 is 9.84 Å². The highest BCUT2D eigenvalue weighted by Crippen LogP contribution is 2.35. The molecule has 2 N–H and O–H groups in total. The van der Waals surface area contributed by atoms with Gasteiger partial charge in [-0.25, -0.2) is 8.42 Å². The number of aryl methyl sites for hydroxylation is 2. The molecule has 0 radical (unpaired) electrons. The molecule has 0 saturated heterocycles. The largest absolute Gasteiger partial charge is 0.507 e. The van der Waals surface area contributed by atoms with Gasteiger partial charge in [0.1, 0.15) is 21.3 Å². The molecule has 0 aromatic heterocycles. The van der Waals surface area contributed by atoms with Gasteiger partial charge in [0.05, 0.1) is 0 Å². The van der Waals surface area contributed by atoms with Crippen molar-refractivity contribution in [2.75, 3.05) is 0 Å². The van der Waals surface area contributed by atoms with Gasteiger partial charge >= 0.3 is 0 Å². The van der Waals surface area contributed by atoms with E-state index >= 15 is 0 Å². The van der Waals surface area contributed by atoms with Gasteiger partial charge in [0.2, 0.25) is 9.84 Å². The average Bonchev–Trinajstić information content (AvgIpc) is 2.34. The predicted octanol–water partition coefficient (Wildman–Crippen LogP) is 2.55. The molecule has 0 saturated carbocycles. The average molecular weight is 278 g/mol. The smallest absolute Gasteiger partial charge is 0.213 e. The number of sulfone groups is 1. The Kier molecular flexibility index (Phi) is 3.24. The van der Waals surface area contributed by atoms with Crippen LogP contribution in [-0.4, -0.2) is 18.6 Å². The number of phenolic OH excluding ortho intramolecular Hbond substituents is 2. The minimum absolute atomic E-state index is 0.188. The van der Waals surface area contributed by atoms with E-state index in [0.29, 0.717) is 5.56 Å². The monoisotopic (exact) mass is 278 g/mol. The van der Waals surface area contributed by atoms with Crippen LogP contribution < -0.4 is 0 Å². The van der Waals surface area contributed by atoms with E-state index in [1.165, 1.54) is 30.3 Å². The lowest BCUT2D eigenvalue weighted by Crippen LogP contribution is -2.04. The van der Waals surface area contributed by atoms with Crippen molar-refractivity contribution < 1.29 is 18.6 Å². The van der Waals surface area contributed by atoms with Crippen LogP contribution in [0.4, 0.5) is 0 Å². The molecule has 0 fully saturated rings. The van der Waals surface area contributed by atoms with E-state index in [4.69, 9.17) is 0 Å². The highest BCUT2D eigenvalue weighted by Gasteiger charge is 2.25. The fourth-order valence-corrected chi connectivity index (χ4v) is 3.52. The van der Waals surface area contributed by atoms with E-state index in [0.717, 1.165) is 5.56 Å². The van der Waals surface area contributed by atoms with Gasteiger partial charge in [-0.3, -0.25) is 0 Å². The second-order valence-electron chi connectivity index (χ2n) is 4.40. The summed E-state index contributed by atoms with van der Waals surface area (Å²) in [5.74, 6) is -0.616. The fourth-order valence-electron chi connectivity index (χ4n) is 1.93. The molecule has 0 unspecified atom stereocenters. The van der Waals surface area contributed by atoms with Crippen LogP contribution in [0.3, 0.4) is 0 Å². The summed E-state index contributed by atoms with van der Waals surface area (Å²) in [6.07, 6.45) is 0. The third kappa shape index (κ3) is 2.29. The van der Waals surface area contributed by atoms with Crippen LogP contribution in [0.15, 0.2) is 46.2 Å². The molecule has 19 heavy (non-hydrogen) atoms. The van der Waals surface area contributed by atoms with Gasteiger partial charge < -0.3 is 10.2 Å². The first-order valence-corrected chi connectivity index (χ1v) is 7.15.